The van der Waals surface area contributed by atoms with Crippen LogP contribution in [-0.2, 0) is 19.0 Å². The number of carbonyl (C=O) groups excluding carboxylic acids is 1. The third kappa shape index (κ3) is 1.87. The van der Waals surface area contributed by atoms with Crippen LogP contribution in [0, 0.1) is 0 Å². The van der Waals surface area contributed by atoms with Gasteiger partial charge >= 0.3 is 6.09 Å². The van der Waals surface area contributed by atoms with Gasteiger partial charge in [-0.25, -0.2) is 4.79 Å². The lowest BCUT2D eigenvalue weighted by atomic mass is 10.2. The first-order valence-electron chi connectivity index (χ1n) is 5.00. The number of hydrogen-bond donors (Lipinski definition) is 0. The second-order valence-electron chi connectivity index (χ2n) is 3.47. The van der Waals surface area contributed by atoms with Crippen LogP contribution in [0.1, 0.15) is 0 Å². The molecule has 0 bridgehead atoms. The Labute approximate surface area is 104 Å². The molecule has 1 heterocycles. The predicted octanol–water partition coefficient (Wildman–Crippen LogP) is 1.59. The minimum Gasteiger partial charge on any atom is -0.452 e. The molecule has 0 saturated carbocycles. The van der Waals surface area contributed by atoms with Gasteiger partial charge in [0.1, 0.15) is 4.90 Å². The SMILES string of the molecule is COC(=O)n1ccc2cccc(S(=O)(=O)OC)c21. The fourth-order valence-corrected chi connectivity index (χ4v) is 2.58. The van der Waals surface area contributed by atoms with Gasteiger partial charge < -0.3 is 4.74 Å². The van der Waals surface area contributed by atoms with Gasteiger partial charge in [-0.1, -0.05) is 12.1 Å². The maximum Gasteiger partial charge on any atom is 0.418 e. The number of nitrogens with zero attached hydrogens (tertiary/aromatic N) is 1. The molecule has 7 heteroatoms. The van der Waals surface area contributed by atoms with E-state index in [4.69, 9.17) is 0 Å². The van der Waals surface area contributed by atoms with Gasteiger partial charge in [0.25, 0.3) is 10.1 Å². The van der Waals surface area contributed by atoms with Gasteiger partial charge in [-0.05, 0) is 12.1 Å². The molecule has 0 aliphatic heterocycles. The zero-order chi connectivity index (χ0) is 13.3. The highest BCUT2D eigenvalue weighted by Gasteiger charge is 2.21. The van der Waals surface area contributed by atoms with Gasteiger partial charge in [0.05, 0.1) is 19.7 Å². The molecule has 0 unspecified atom stereocenters. The Hall–Kier alpha value is -1.86. The Morgan fingerprint density at radius 2 is 1.94 bits per heavy atom. The second-order valence-corrected chi connectivity index (χ2v) is 5.15. The molecule has 0 amide bonds. The molecule has 0 saturated heterocycles. The number of methoxy groups -OCH3 is 1. The van der Waals surface area contributed by atoms with Gasteiger partial charge in [-0.3, -0.25) is 8.75 Å². The highest BCUT2D eigenvalue weighted by Crippen LogP contribution is 2.25. The largest absolute Gasteiger partial charge is 0.452 e. The predicted molar refractivity (Wildman–Crippen MR) is 63.9 cm³/mol. The van der Waals surface area contributed by atoms with Crippen LogP contribution in [0.4, 0.5) is 4.79 Å². The standard InChI is InChI=1S/C11H11NO5S/c1-16-11(13)12-7-6-8-4-3-5-9(10(8)12)18(14,15)17-2/h3-7H,1-2H3. The third-order valence-electron chi connectivity index (χ3n) is 2.53. The van der Waals surface area contributed by atoms with Crippen molar-refractivity contribution in [3.8, 4) is 0 Å². The summed E-state index contributed by atoms with van der Waals surface area (Å²) in [6.07, 6.45) is 0.786. The molecule has 2 rings (SSSR count). The van der Waals surface area contributed by atoms with E-state index in [9.17, 15) is 13.2 Å². The normalized spacial score (nSPS) is 11.7. The van der Waals surface area contributed by atoms with Crippen molar-refractivity contribution in [2.45, 2.75) is 4.90 Å². The summed E-state index contributed by atoms with van der Waals surface area (Å²) in [4.78, 5) is 11.5. The molecule has 96 valence electrons. The van der Waals surface area contributed by atoms with Gasteiger partial charge in [0.15, 0.2) is 0 Å². The summed E-state index contributed by atoms with van der Waals surface area (Å²) in [5.74, 6) is 0. The molecule has 0 N–H and O–H groups in total. The maximum atomic E-state index is 11.8. The lowest BCUT2D eigenvalue weighted by Gasteiger charge is -2.07. The smallest absolute Gasteiger partial charge is 0.418 e. The van der Waals surface area contributed by atoms with Crippen LogP contribution >= 0.6 is 0 Å². The lowest BCUT2D eigenvalue weighted by Crippen LogP contribution is -2.12. The number of hydrogen-bond acceptors (Lipinski definition) is 5. The first-order chi connectivity index (χ1) is 8.51. The number of aromatic nitrogens is 1. The first kappa shape index (κ1) is 12.6. The van der Waals surface area contributed by atoms with E-state index in [2.05, 4.69) is 8.92 Å². The number of para-hydroxylation sites is 1. The molecule has 18 heavy (non-hydrogen) atoms. The minimum absolute atomic E-state index is 0.0714. The van der Waals surface area contributed by atoms with Crippen LogP contribution in [0.3, 0.4) is 0 Å². The fraction of sp³-hybridized carbons (Fsp3) is 0.182. The summed E-state index contributed by atoms with van der Waals surface area (Å²) in [5.41, 5.74) is 0.242. The molecule has 0 atom stereocenters. The van der Waals surface area contributed by atoms with Crippen molar-refractivity contribution in [1.29, 1.82) is 0 Å². The average Bonchev–Trinajstić information content (AvgIpc) is 2.81. The number of rotatable bonds is 2. The molecule has 1 aromatic carbocycles. The fourth-order valence-electron chi connectivity index (χ4n) is 1.70. The molecule has 6 nitrogen and oxygen atoms in total. The Morgan fingerprint density at radius 1 is 1.22 bits per heavy atom. The van der Waals surface area contributed by atoms with E-state index in [0.717, 1.165) is 11.7 Å². The summed E-state index contributed by atoms with van der Waals surface area (Å²) >= 11 is 0. The third-order valence-corrected chi connectivity index (χ3v) is 3.84. The Bertz CT molecular complexity index is 701. The van der Waals surface area contributed by atoms with Crippen molar-refractivity contribution in [1.82, 2.24) is 4.57 Å². The Morgan fingerprint density at radius 3 is 2.56 bits per heavy atom. The van der Waals surface area contributed by atoms with Crippen LogP contribution in [0.5, 0.6) is 0 Å². The molecule has 0 radical (unpaired) electrons. The topological polar surface area (TPSA) is 74.6 Å². The molecule has 0 aliphatic rings. The molecule has 0 fully saturated rings. The molecule has 1 aromatic heterocycles. The molecular formula is C11H11NO5S. The number of benzene rings is 1. The summed E-state index contributed by atoms with van der Waals surface area (Å²) < 4.78 is 33.8. The van der Waals surface area contributed by atoms with Crippen LogP contribution in [0.2, 0.25) is 0 Å². The van der Waals surface area contributed by atoms with Crippen molar-refractivity contribution in [3.05, 3.63) is 30.5 Å². The van der Waals surface area contributed by atoms with Crippen molar-refractivity contribution in [2.24, 2.45) is 0 Å². The van der Waals surface area contributed by atoms with Crippen LogP contribution in [0.15, 0.2) is 35.4 Å². The van der Waals surface area contributed by atoms with Crippen molar-refractivity contribution >= 4 is 27.1 Å². The Kier molecular flexibility index (Phi) is 3.10. The number of fused-ring (bicyclic) bond motifs is 1. The van der Waals surface area contributed by atoms with E-state index >= 15 is 0 Å². The molecule has 2 aromatic rings. The summed E-state index contributed by atoms with van der Waals surface area (Å²) in [7, 11) is -1.59. The van der Waals surface area contributed by atoms with Crippen molar-refractivity contribution in [3.63, 3.8) is 0 Å². The van der Waals surface area contributed by atoms with Crippen molar-refractivity contribution in [2.75, 3.05) is 14.2 Å². The van der Waals surface area contributed by atoms with Gasteiger partial charge in [-0.15, -0.1) is 0 Å². The van der Waals surface area contributed by atoms with Gasteiger partial charge in [0, 0.05) is 11.6 Å². The highest BCUT2D eigenvalue weighted by molar-refractivity contribution is 7.87. The number of ether oxygens (including phenoxy) is 1. The lowest BCUT2D eigenvalue weighted by molar-refractivity contribution is 0.174. The van der Waals surface area contributed by atoms with E-state index in [0.29, 0.717) is 5.39 Å². The zero-order valence-electron chi connectivity index (χ0n) is 9.78. The summed E-state index contributed by atoms with van der Waals surface area (Å²) in [5, 5.41) is 0.610. The van der Waals surface area contributed by atoms with Crippen LogP contribution in [0.25, 0.3) is 10.9 Å². The Balaban J connectivity index is 2.83. The monoisotopic (exact) mass is 269 g/mol. The second kappa shape index (κ2) is 4.43. The molecule has 0 aliphatic carbocycles. The van der Waals surface area contributed by atoms with E-state index in [1.807, 2.05) is 0 Å². The van der Waals surface area contributed by atoms with E-state index in [-0.39, 0.29) is 10.4 Å². The quantitative estimate of drug-likeness (QED) is 0.774. The zero-order valence-corrected chi connectivity index (χ0v) is 10.6. The molecule has 0 spiro atoms. The van der Waals surface area contributed by atoms with Crippen LogP contribution in [-0.4, -0.2) is 33.3 Å². The number of carbonyl (C=O) groups is 1. The average molecular weight is 269 g/mol. The highest BCUT2D eigenvalue weighted by atomic mass is 32.2. The van der Waals surface area contributed by atoms with Crippen molar-refractivity contribution < 1.29 is 22.1 Å². The van der Waals surface area contributed by atoms with Gasteiger partial charge in [0.2, 0.25) is 0 Å². The summed E-state index contributed by atoms with van der Waals surface area (Å²) in [6, 6.07) is 6.28. The molecular weight excluding hydrogens is 258 g/mol. The minimum atomic E-state index is -3.89. The van der Waals surface area contributed by atoms with Crippen LogP contribution < -0.4 is 0 Å². The summed E-state index contributed by atoms with van der Waals surface area (Å²) in [6.45, 7) is 0. The van der Waals surface area contributed by atoms with E-state index < -0.39 is 16.2 Å². The van der Waals surface area contributed by atoms with Gasteiger partial charge in [-0.2, -0.15) is 8.42 Å². The van der Waals surface area contributed by atoms with E-state index in [1.165, 1.54) is 19.4 Å². The maximum absolute atomic E-state index is 11.8. The first-order valence-corrected chi connectivity index (χ1v) is 6.41. The van der Waals surface area contributed by atoms with E-state index in [1.54, 1.807) is 18.2 Å².